The van der Waals surface area contributed by atoms with Crippen LogP contribution < -0.4 is 10.6 Å². The minimum absolute atomic E-state index is 0.337. The van der Waals surface area contributed by atoms with Gasteiger partial charge in [-0.3, -0.25) is 4.98 Å². The summed E-state index contributed by atoms with van der Waals surface area (Å²) in [6.45, 7) is 2.13. The van der Waals surface area contributed by atoms with Gasteiger partial charge in [0, 0.05) is 17.3 Å². The summed E-state index contributed by atoms with van der Waals surface area (Å²) in [6.07, 6.45) is 8.57. The van der Waals surface area contributed by atoms with Gasteiger partial charge in [0.1, 0.15) is 11.6 Å². The summed E-state index contributed by atoms with van der Waals surface area (Å²) < 4.78 is 0. The third-order valence-electron chi connectivity index (χ3n) is 7.47. The topological polar surface area (TPSA) is 94.3 Å². The van der Waals surface area contributed by atoms with Gasteiger partial charge in [0.15, 0.2) is 0 Å². The maximum absolute atomic E-state index is 4.85. The lowest BCUT2D eigenvalue weighted by molar-refractivity contribution is 0.613. The van der Waals surface area contributed by atoms with Gasteiger partial charge < -0.3 is 20.6 Å². The number of imidazole rings is 2. The second-order valence-electron chi connectivity index (χ2n) is 9.84. The number of H-pyrrole nitrogens is 2. The Hall–Kier alpha value is -3.81. The standard InChI is InChI=1S/C29H29N7/c1-3-24(30-13-1)28-33-17-27(36-28)19-7-5-18(6-8-19)21-10-11-22(32-16-21)20-9-12-23-26(15-20)35-29(34-23)25-4-2-14-31-25/h5-12,15-17,24-25,30-31H,1-4,13-14H2,(H,33,36)(H,34,35)/t24-,25-/m0/s1. The molecule has 3 aromatic heterocycles. The zero-order valence-electron chi connectivity index (χ0n) is 20.1. The van der Waals surface area contributed by atoms with E-state index in [0.717, 1.165) is 82.3 Å². The second kappa shape index (κ2) is 9.00. The van der Waals surface area contributed by atoms with E-state index < -0.39 is 0 Å². The highest BCUT2D eigenvalue weighted by Crippen LogP contribution is 2.29. The van der Waals surface area contributed by atoms with E-state index in [1.165, 1.54) is 12.8 Å². The van der Waals surface area contributed by atoms with Crippen LogP contribution in [0.15, 0.2) is 67.0 Å². The van der Waals surface area contributed by atoms with E-state index in [1.54, 1.807) is 0 Å². The van der Waals surface area contributed by atoms with Crippen LogP contribution in [0.1, 0.15) is 49.4 Å². The molecule has 2 aliphatic heterocycles. The van der Waals surface area contributed by atoms with E-state index >= 15 is 0 Å². The van der Waals surface area contributed by atoms with Gasteiger partial charge in [0.2, 0.25) is 0 Å². The fourth-order valence-electron chi connectivity index (χ4n) is 5.42. The normalized spacial score (nSPS) is 19.9. The number of aromatic amines is 2. The van der Waals surface area contributed by atoms with Crippen LogP contribution in [0.25, 0.3) is 44.7 Å². The zero-order chi connectivity index (χ0) is 23.9. The van der Waals surface area contributed by atoms with Crippen molar-refractivity contribution in [1.82, 2.24) is 35.6 Å². The molecule has 7 rings (SSSR count). The Morgan fingerprint density at radius 3 is 2.08 bits per heavy atom. The van der Waals surface area contributed by atoms with E-state index in [1.807, 2.05) is 12.4 Å². The Bertz CT molecular complexity index is 1490. The van der Waals surface area contributed by atoms with E-state index in [9.17, 15) is 0 Å². The van der Waals surface area contributed by atoms with Gasteiger partial charge in [-0.25, -0.2) is 9.97 Å². The second-order valence-corrected chi connectivity index (χ2v) is 9.84. The van der Waals surface area contributed by atoms with Gasteiger partial charge in [-0.2, -0.15) is 0 Å². The third kappa shape index (κ3) is 4.00. The molecule has 36 heavy (non-hydrogen) atoms. The molecule has 7 nitrogen and oxygen atoms in total. The van der Waals surface area contributed by atoms with E-state index in [0.29, 0.717) is 12.1 Å². The van der Waals surface area contributed by atoms with Crippen LogP contribution in [-0.2, 0) is 0 Å². The summed E-state index contributed by atoms with van der Waals surface area (Å²) in [4.78, 5) is 21.2. The maximum Gasteiger partial charge on any atom is 0.124 e. The van der Waals surface area contributed by atoms with Gasteiger partial charge in [-0.15, -0.1) is 0 Å². The highest BCUT2D eigenvalue weighted by Gasteiger charge is 2.20. The van der Waals surface area contributed by atoms with Crippen LogP contribution in [0.4, 0.5) is 0 Å². The number of fused-ring (bicyclic) bond motifs is 1. The molecule has 0 radical (unpaired) electrons. The summed E-state index contributed by atoms with van der Waals surface area (Å²) in [6, 6.07) is 19.8. The SMILES string of the molecule is c1cc(-c2cnc([C@@H]3CCCN3)[nH]2)ccc1-c1ccc(-c2ccc3[nH]c([C@@H]4CCCN4)nc3c2)nc1. The first kappa shape index (κ1) is 21.5. The van der Waals surface area contributed by atoms with Crippen molar-refractivity contribution in [1.29, 1.82) is 0 Å². The minimum atomic E-state index is 0.337. The van der Waals surface area contributed by atoms with Crippen LogP contribution in [0.2, 0.25) is 0 Å². The first-order valence-electron chi connectivity index (χ1n) is 12.9. The minimum Gasteiger partial charge on any atom is -0.341 e. The van der Waals surface area contributed by atoms with Crippen molar-refractivity contribution in [3.05, 3.63) is 78.6 Å². The molecule has 0 saturated carbocycles. The van der Waals surface area contributed by atoms with Gasteiger partial charge in [-0.1, -0.05) is 36.4 Å². The molecule has 180 valence electrons. The number of hydrogen-bond donors (Lipinski definition) is 4. The summed E-state index contributed by atoms with van der Waals surface area (Å²) in [7, 11) is 0. The summed E-state index contributed by atoms with van der Waals surface area (Å²) in [5.74, 6) is 2.07. The molecule has 2 atom stereocenters. The number of hydrogen-bond acceptors (Lipinski definition) is 5. The Labute approximate surface area is 209 Å². The van der Waals surface area contributed by atoms with Crippen molar-refractivity contribution >= 4 is 11.0 Å². The fraction of sp³-hybridized carbons (Fsp3) is 0.276. The van der Waals surface area contributed by atoms with Crippen molar-refractivity contribution < 1.29 is 0 Å². The molecule has 4 N–H and O–H groups in total. The number of aromatic nitrogens is 5. The van der Waals surface area contributed by atoms with Gasteiger partial charge in [0.05, 0.1) is 40.7 Å². The molecule has 2 saturated heterocycles. The zero-order valence-corrected chi connectivity index (χ0v) is 20.1. The molecular weight excluding hydrogens is 446 g/mol. The molecule has 5 heterocycles. The van der Waals surface area contributed by atoms with E-state index in [-0.39, 0.29) is 0 Å². The lowest BCUT2D eigenvalue weighted by atomic mass is 10.0. The van der Waals surface area contributed by atoms with Crippen LogP contribution in [0.3, 0.4) is 0 Å². The van der Waals surface area contributed by atoms with Crippen molar-refractivity contribution in [2.24, 2.45) is 0 Å². The first-order chi connectivity index (χ1) is 17.8. The Morgan fingerprint density at radius 1 is 0.639 bits per heavy atom. The van der Waals surface area contributed by atoms with Crippen LogP contribution in [0.5, 0.6) is 0 Å². The molecule has 0 spiro atoms. The average Bonchev–Trinajstić information content (AvgIpc) is 3.75. The summed E-state index contributed by atoms with van der Waals surface area (Å²) in [5.41, 5.74) is 8.53. The van der Waals surface area contributed by atoms with E-state index in [4.69, 9.17) is 9.97 Å². The number of nitrogens with one attached hydrogen (secondary N) is 4. The van der Waals surface area contributed by atoms with Gasteiger partial charge in [-0.05, 0) is 68.1 Å². The molecular formula is C29H29N7. The smallest absolute Gasteiger partial charge is 0.124 e. The largest absolute Gasteiger partial charge is 0.341 e. The number of pyridine rings is 1. The molecule has 5 aromatic rings. The lowest BCUT2D eigenvalue weighted by Gasteiger charge is -2.07. The Balaban J connectivity index is 1.09. The predicted octanol–water partition coefficient (Wildman–Crippen LogP) is 5.53. The quantitative estimate of drug-likeness (QED) is 0.268. The highest BCUT2D eigenvalue weighted by atomic mass is 15.0. The van der Waals surface area contributed by atoms with Crippen LogP contribution in [-0.4, -0.2) is 38.0 Å². The van der Waals surface area contributed by atoms with Crippen LogP contribution >= 0.6 is 0 Å². The lowest BCUT2D eigenvalue weighted by Crippen LogP contribution is -2.14. The monoisotopic (exact) mass is 475 g/mol. The van der Waals surface area contributed by atoms with Crippen molar-refractivity contribution in [3.8, 4) is 33.6 Å². The molecule has 2 fully saturated rings. The number of rotatable bonds is 5. The van der Waals surface area contributed by atoms with Gasteiger partial charge >= 0.3 is 0 Å². The van der Waals surface area contributed by atoms with Crippen LogP contribution in [0, 0.1) is 0 Å². The molecule has 0 bridgehead atoms. The van der Waals surface area contributed by atoms with Crippen molar-refractivity contribution in [2.45, 2.75) is 37.8 Å². The third-order valence-corrected chi connectivity index (χ3v) is 7.47. The summed E-state index contributed by atoms with van der Waals surface area (Å²) in [5, 5.41) is 7.01. The molecule has 0 aliphatic carbocycles. The molecule has 2 aliphatic rings. The van der Waals surface area contributed by atoms with Gasteiger partial charge in [0.25, 0.3) is 0 Å². The average molecular weight is 476 g/mol. The molecule has 2 aromatic carbocycles. The molecule has 0 amide bonds. The first-order valence-corrected chi connectivity index (χ1v) is 12.9. The van der Waals surface area contributed by atoms with E-state index in [2.05, 4.69) is 80.2 Å². The fourth-order valence-corrected chi connectivity index (χ4v) is 5.42. The predicted molar refractivity (Wildman–Crippen MR) is 142 cm³/mol. The molecule has 0 unspecified atom stereocenters. The Kier molecular flexibility index (Phi) is 5.37. The Morgan fingerprint density at radius 2 is 1.36 bits per heavy atom. The van der Waals surface area contributed by atoms with Crippen molar-refractivity contribution in [3.63, 3.8) is 0 Å². The number of benzene rings is 2. The maximum atomic E-state index is 4.85. The molecule has 7 heteroatoms. The summed E-state index contributed by atoms with van der Waals surface area (Å²) >= 11 is 0. The highest BCUT2D eigenvalue weighted by molar-refractivity contribution is 5.81. The van der Waals surface area contributed by atoms with Crippen molar-refractivity contribution in [2.75, 3.05) is 13.1 Å². The number of nitrogens with zero attached hydrogens (tertiary/aromatic N) is 3.